The van der Waals surface area contributed by atoms with Gasteiger partial charge in [-0.3, -0.25) is 0 Å². The second-order valence-electron chi connectivity index (χ2n) is 7.64. The molecule has 0 fully saturated rings. The van der Waals surface area contributed by atoms with Gasteiger partial charge in [0.25, 0.3) is 0 Å². The quantitative estimate of drug-likeness (QED) is 0.470. The molecular formula is C21H28OSi. The largest absolute Gasteiger partial charge is 0.543 e. The Morgan fingerprint density at radius 3 is 2.30 bits per heavy atom. The standard InChI is InChI=1S/C21H28OSi/c1-7-8-9-10-17-11-12-19-16-20(14-13-18(19)15-17)22-23(5,6)21(2,3)4/h11-16H,7-8H2,1-6H3. The number of benzene rings is 2. The molecule has 122 valence electrons. The molecule has 0 aliphatic heterocycles. The van der Waals surface area contributed by atoms with E-state index in [0.717, 1.165) is 24.2 Å². The van der Waals surface area contributed by atoms with Crippen LogP contribution in [0.5, 0.6) is 5.75 Å². The molecule has 23 heavy (non-hydrogen) atoms. The Morgan fingerprint density at radius 1 is 1.00 bits per heavy atom. The number of hydrogen-bond acceptors (Lipinski definition) is 1. The number of rotatable bonds is 3. The van der Waals surface area contributed by atoms with Crippen LogP contribution >= 0.6 is 0 Å². The van der Waals surface area contributed by atoms with Crippen molar-refractivity contribution in [2.75, 3.05) is 0 Å². The Hall–Kier alpha value is -1.72. The van der Waals surface area contributed by atoms with Gasteiger partial charge in [-0.2, -0.15) is 0 Å². The molecule has 0 radical (unpaired) electrons. The van der Waals surface area contributed by atoms with Crippen molar-refractivity contribution in [2.24, 2.45) is 0 Å². The van der Waals surface area contributed by atoms with Crippen molar-refractivity contribution < 1.29 is 4.43 Å². The van der Waals surface area contributed by atoms with Gasteiger partial charge in [-0.05, 0) is 59.6 Å². The number of unbranched alkanes of at least 4 members (excludes halogenated alkanes) is 1. The lowest BCUT2D eigenvalue weighted by molar-refractivity contribution is 0.493. The Bertz CT molecular complexity index is 742. The van der Waals surface area contributed by atoms with Gasteiger partial charge < -0.3 is 4.43 Å². The van der Waals surface area contributed by atoms with Crippen molar-refractivity contribution in [1.82, 2.24) is 0 Å². The normalized spacial score (nSPS) is 11.9. The molecule has 1 nitrogen and oxygen atoms in total. The summed E-state index contributed by atoms with van der Waals surface area (Å²) in [5, 5.41) is 2.64. The molecule has 0 spiro atoms. The molecule has 0 aliphatic rings. The third kappa shape index (κ3) is 4.39. The maximum atomic E-state index is 6.39. The van der Waals surface area contributed by atoms with Gasteiger partial charge in [-0.1, -0.05) is 51.7 Å². The topological polar surface area (TPSA) is 9.23 Å². The van der Waals surface area contributed by atoms with Gasteiger partial charge in [0, 0.05) is 12.0 Å². The molecule has 0 saturated carbocycles. The van der Waals surface area contributed by atoms with Crippen LogP contribution in [0.3, 0.4) is 0 Å². The molecule has 0 N–H and O–H groups in total. The highest BCUT2D eigenvalue weighted by atomic mass is 28.4. The summed E-state index contributed by atoms with van der Waals surface area (Å²) in [7, 11) is -1.79. The zero-order valence-electron chi connectivity index (χ0n) is 15.3. The first-order valence-corrected chi connectivity index (χ1v) is 11.4. The molecule has 0 amide bonds. The summed E-state index contributed by atoms with van der Waals surface area (Å²) in [6.07, 6.45) is 2.06. The molecule has 0 aliphatic carbocycles. The van der Waals surface area contributed by atoms with E-state index in [1.807, 2.05) is 0 Å². The summed E-state index contributed by atoms with van der Waals surface area (Å²) in [6.45, 7) is 13.5. The molecule has 0 unspecified atom stereocenters. The predicted octanol–water partition coefficient (Wildman–Crippen LogP) is 6.38. The smallest absolute Gasteiger partial charge is 0.250 e. The van der Waals surface area contributed by atoms with Gasteiger partial charge >= 0.3 is 0 Å². The first-order chi connectivity index (χ1) is 10.7. The second kappa shape index (κ2) is 6.80. The van der Waals surface area contributed by atoms with E-state index in [0.29, 0.717) is 0 Å². The fourth-order valence-electron chi connectivity index (χ4n) is 2.10. The average Bonchev–Trinajstić information content (AvgIpc) is 2.46. The Balaban J connectivity index is 2.27. The summed E-state index contributed by atoms with van der Waals surface area (Å²) in [5.41, 5.74) is 1.09. The van der Waals surface area contributed by atoms with Crippen molar-refractivity contribution in [3.8, 4) is 17.6 Å². The van der Waals surface area contributed by atoms with Crippen LogP contribution in [-0.2, 0) is 0 Å². The van der Waals surface area contributed by atoms with Crippen LogP contribution in [0.15, 0.2) is 36.4 Å². The van der Waals surface area contributed by atoms with E-state index in [2.05, 4.69) is 89.0 Å². The molecule has 2 heteroatoms. The SMILES string of the molecule is CCCC#Cc1ccc2cc(O[Si](C)(C)C(C)(C)C)ccc2c1. The van der Waals surface area contributed by atoms with E-state index in [9.17, 15) is 0 Å². The summed E-state index contributed by atoms with van der Waals surface area (Å²) in [5.74, 6) is 7.42. The lowest BCUT2D eigenvalue weighted by Gasteiger charge is -2.36. The van der Waals surface area contributed by atoms with Crippen LogP contribution in [0.1, 0.15) is 46.1 Å². The first-order valence-electron chi connectivity index (χ1n) is 8.44. The lowest BCUT2D eigenvalue weighted by atomic mass is 10.1. The fourth-order valence-corrected chi connectivity index (χ4v) is 3.12. The van der Waals surface area contributed by atoms with Crippen LogP contribution in [-0.4, -0.2) is 8.32 Å². The minimum absolute atomic E-state index is 0.209. The van der Waals surface area contributed by atoms with Crippen LogP contribution < -0.4 is 4.43 Å². The molecular weight excluding hydrogens is 296 g/mol. The van der Waals surface area contributed by atoms with Crippen molar-refractivity contribution >= 4 is 19.1 Å². The molecule has 2 rings (SSSR count). The molecule has 0 aromatic heterocycles. The van der Waals surface area contributed by atoms with E-state index in [1.165, 1.54) is 10.8 Å². The van der Waals surface area contributed by atoms with Crippen LogP contribution in [0.2, 0.25) is 18.1 Å². The van der Waals surface area contributed by atoms with Gasteiger partial charge in [-0.15, -0.1) is 0 Å². The highest BCUT2D eigenvalue weighted by Gasteiger charge is 2.38. The summed E-state index contributed by atoms with van der Waals surface area (Å²) in [4.78, 5) is 0. The highest BCUT2D eigenvalue weighted by molar-refractivity contribution is 6.74. The van der Waals surface area contributed by atoms with E-state index in [1.54, 1.807) is 0 Å². The molecule has 0 heterocycles. The molecule has 2 aromatic rings. The minimum atomic E-state index is -1.79. The molecule has 2 aromatic carbocycles. The zero-order chi connectivity index (χ0) is 17.1. The van der Waals surface area contributed by atoms with Crippen molar-refractivity contribution in [1.29, 1.82) is 0 Å². The summed E-state index contributed by atoms with van der Waals surface area (Å²) < 4.78 is 6.39. The number of fused-ring (bicyclic) bond motifs is 1. The van der Waals surface area contributed by atoms with Gasteiger partial charge in [0.15, 0.2) is 0 Å². The molecule has 0 bridgehead atoms. The van der Waals surface area contributed by atoms with Gasteiger partial charge in [0.05, 0.1) is 0 Å². The number of hydrogen-bond donors (Lipinski definition) is 0. The van der Waals surface area contributed by atoms with E-state index >= 15 is 0 Å². The first kappa shape index (κ1) is 17.6. The minimum Gasteiger partial charge on any atom is -0.543 e. The van der Waals surface area contributed by atoms with Gasteiger partial charge in [0.1, 0.15) is 5.75 Å². The maximum absolute atomic E-state index is 6.39. The van der Waals surface area contributed by atoms with Crippen LogP contribution in [0.25, 0.3) is 10.8 Å². The second-order valence-corrected chi connectivity index (χ2v) is 12.4. The van der Waals surface area contributed by atoms with E-state index < -0.39 is 8.32 Å². The van der Waals surface area contributed by atoms with Crippen LogP contribution in [0.4, 0.5) is 0 Å². The summed E-state index contributed by atoms with van der Waals surface area (Å²) >= 11 is 0. The van der Waals surface area contributed by atoms with Crippen LogP contribution in [0, 0.1) is 11.8 Å². The third-order valence-electron chi connectivity index (χ3n) is 4.60. The fraction of sp³-hybridized carbons (Fsp3) is 0.429. The van der Waals surface area contributed by atoms with E-state index in [4.69, 9.17) is 4.43 Å². The Kier molecular flexibility index (Phi) is 5.22. The summed E-state index contributed by atoms with van der Waals surface area (Å²) in [6, 6.07) is 12.8. The molecule has 0 saturated heterocycles. The predicted molar refractivity (Wildman–Crippen MR) is 104 cm³/mol. The monoisotopic (exact) mass is 324 g/mol. The van der Waals surface area contributed by atoms with E-state index in [-0.39, 0.29) is 5.04 Å². The van der Waals surface area contributed by atoms with Crippen molar-refractivity contribution in [2.45, 2.75) is 58.7 Å². The maximum Gasteiger partial charge on any atom is 0.250 e. The van der Waals surface area contributed by atoms with Crippen molar-refractivity contribution in [3.05, 3.63) is 42.0 Å². The zero-order valence-corrected chi connectivity index (χ0v) is 16.3. The Labute approximate surface area is 142 Å². The Morgan fingerprint density at radius 2 is 1.65 bits per heavy atom. The van der Waals surface area contributed by atoms with Gasteiger partial charge in [-0.25, -0.2) is 0 Å². The highest BCUT2D eigenvalue weighted by Crippen LogP contribution is 2.37. The average molecular weight is 325 g/mol. The lowest BCUT2D eigenvalue weighted by Crippen LogP contribution is -2.43. The van der Waals surface area contributed by atoms with Crippen molar-refractivity contribution in [3.63, 3.8) is 0 Å². The molecule has 0 atom stereocenters. The third-order valence-corrected chi connectivity index (χ3v) is 8.96. The van der Waals surface area contributed by atoms with Gasteiger partial charge in [0.2, 0.25) is 8.32 Å².